The normalized spacial score (nSPS) is 19.9. The van der Waals surface area contributed by atoms with Crippen molar-refractivity contribution in [2.45, 2.75) is 85.0 Å². The SMILES string of the molecule is CC.CCC(NCC1Nc2nc(C)c(C)c3c(F)c(-c4cc(N)cc(F)c4OC(F)(F)F)nc(c23)OC1C)C(=O)N1CCC(O)C1. The summed E-state index contributed by atoms with van der Waals surface area (Å²) < 4.78 is 80.9. The lowest BCUT2D eigenvalue weighted by Gasteiger charge is -2.28. The van der Waals surface area contributed by atoms with Gasteiger partial charge in [-0.1, -0.05) is 20.8 Å². The number of nitrogens with one attached hydrogen (secondary N) is 2. The standard InChI is InChI=1S/C29H33F5N6O4.C2H6/c1-5-19(28(42)40-7-6-16(41)11-40)36-10-20-14(4)43-27-22-21(12(2)13(3)37-26(22)38-20)23(31)24(39-27)17-8-15(35)9-18(30)25(17)44-29(32,33)34;1-2/h8-9,14,16,19-20,36,41H,5-7,10-11,35H2,1-4H3,(H,37,38);1-2H3. The average Bonchev–Trinajstić information content (AvgIpc) is 3.38. The van der Waals surface area contributed by atoms with Crippen LogP contribution < -0.4 is 25.8 Å². The third-order valence-corrected chi connectivity index (χ3v) is 8.03. The summed E-state index contributed by atoms with van der Waals surface area (Å²) in [4.78, 5) is 23.5. The van der Waals surface area contributed by atoms with Crippen LogP contribution in [0.4, 0.5) is 33.5 Å². The van der Waals surface area contributed by atoms with Crippen molar-refractivity contribution in [2.75, 3.05) is 30.7 Å². The molecule has 1 aromatic carbocycles. The fourth-order valence-corrected chi connectivity index (χ4v) is 5.59. The molecule has 0 aliphatic carbocycles. The molecular formula is C31H39F5N6O4. The Hall–Kier alpha value is -3.98. The largest absolute Gasteiger partial charge is 0.573 e. The number of alkyl halides is 3. The van der Waals surface area contributed by atoms with Gasteiger partial charge in [0.2, 0.25) is 11.8 Å². The summed E-state index contributed by atoms with van der Waals surface area (Å²) in [6, 6.07) is 0.523. The van der Waals surface area contributed by atoms with E-state index in [-0.39, 0.29) is 47.2 Å². The predicted molar refractivity (Wildman–Crippen MR) is 164 cm³/mol. The Morgan fingerprint density at radius 3 is 2.54 bits per heavy atom. The van der Waals surface area contributed by atoms with E-state index in [0.717, 1.165) is 6.07 Å². The van der Waals surface area contributed by atoms with Gasteiger partial charge >= 0.3 is 6.36 Å². The van der Waals surface area contributed by atoms with E-state index in [1.54, 1.807) is 25.7 Å². The van der Waals surface area contributed by atoms with E-state index < -0.39 is 59.3 Å². The predicted octanol–water partition coefficient (Wildman–Crippen LogP) is 5.22. The molecule has 1 fully saturated rings. The number of nitrogen functional groups attached to an aromatic ring is 1. The molecule has 15 heteroatoms. The van der Waals surface area contributed by atoms with E-state index in [2.05, 4.69) is 25.3 Å². The molecule has 10 nitrogen and oxygen atoms in total. The molecule has 5 rings (SSSR count). The summed E-state index contributed by atoms with van der Waals surface area (Å²) in [5.74, 6) is -3.82. The van der Waals surface area contributed by atoms with Gasteiger partial charge in [0.05, 0.1) is 29.1 Å². The number of aliphatic hydroxyl groups is 1. The number of carbonyl (C=O) groups is 1. The highest BCUT2D eigenvalue weighted by atomic mass is 19.4. The average molecular weight is 655 g/mol. The summed E-state index contributed by atoms with van der Waals surface area (Å²) in [6.45, 7) is 11.7. The van der Waals surface area contributed by atoms with Crippen LogP contribution in [-0.4, -0.2) is 76.2 Å². The Morgan fingerprint density at radius 1 is 1.24 bits per heavy atom. The quantitative estimate of drug-likeness (QED) is 0.200. The number of pyridine rings is 2. The number of aliphatic hydroxyl groups excluding tert-OH is 1. The van der Waals surface area contributed by atoms with Crippen LogP contribution in [0.1, 0.15) is 51.8 Å². The van der Waals surface area contributed by atoms with Gasteiger partial charge in [0.15, 0.2) is 17.4 Å². The van der Waals surface area contributed by atoms with E-state index >= 15 is 4.39 Å². The number of carbonyl (C=O) groups excluding carboxylic acids is 1. The zero-order chi connectivity index (χ0) is 34.1. The number of β-amino-alcohol motifs (C(OH)–C–C–N with tert-alkyl or cyclic N) is 1. The van der Waals surface area contributed by atoms with Crippen LogP contribution >= 0.6 is 0 Å². The molecule has 0 radical (unpaired) electrons. The number of rotatable bonds is 7. The summed E-state index contributed by atoms with van der Waals surface area (Å²) in [6.07, 6.45) is -5.51. The number of hydrogen-bond acceptors (Lipinski definition) is 9. The molecule has 3 aromatic rings. The summed E-state index contributed by atoms with van der Waals surface area (Å²) in [7, 11) is 0. The number of likely N-dealkylation sites (tertiary alicyclic amines) is 1. The van der Waals surface area contributed by atoms with Crippen LogP contribution in [0.2, 0.25) is 0 Å². The molecule has 0 bridgehead atoms. The van der Waals surface area contributed by atoms with Crippen LogP contribution in [0.5, 0.6) is 11.6 Å². The fourth-order valence-electron chi connectivity index (χ4n) is 5.59. The van der Waals surface area contributed by atoms with Gasteiger partial charge in [-0.2, -0.15) is 0 Å². The summed E-state index contributed by atoms with van der Waals surface area (Å²) in [5.41, 5.74) is 4.96. The van der Waals surface area contributed by atoms with Gasteiger partial charge in [0.25, 0.3) is 0 Å². The molecule has 0 saturated carbocycles. The molecule has 0 spiro atoms. The first kappa shape index (κ1) is 34.9. The Balaban J connectivity index is 0.00000235. The Kier molecular flexibility index (Phi) is 10.5. The van der Waals surface area contributed by atoms with Crippen LogP contribution in [0, 0.1) is 25.5 Å². The molecule has 1 amide bonds. The number of hydrogen-bond donors (Lipinski definition) is 4. The van der Waals surface area contributed by atoms with E-state index in [0.29, 0.717) is 36.7 Å². The van der Waals surface area contributed by atoms with Crippen molar-refractivity contribution in [2.24, 2.45) is 0 Å². The summed E-state index contributed by atoms with van der Waals surface area (Å²) >= 11 is 0. The van der Waals surface area contributed by atoms with Gasteiger partial charge in [0, 0.05) is 42.5 Å². The second-order valence-electron chi connectivity index (χ2n) is 11.1. The van der Waals surface area contributed by atoms with Gasteiger partial charge < -0.3 is 35.8 Å². The minimum atomic E-state index is -5.28. The number of nitrogens with zero attached hydrogens (tertiary/aromatic N) is 3. The lowest BCUT2D eigenvalue weighted by molar-refractivity contribution is -0.275. The molecule has 5 N–H and O–H groups in total. The maximum Gasteiger partial charge on any atom is 0.573 e. The van der Waals surface area contributed by atoms with Gasteiger partial charge in [-0.25, -0.2) is 18.7 Å². The van der Waals surface area contributed by atoms with E-state index in [9.17, 15) is 27.5 Å². The zero-order valence-electron chi connectivity index (χ0n) is 26.5. The van der Waals surface area contributed by atoms with Gasteiger partial charge in [-0.05, 0) is 45.2 Å². The molecule has 4 atom stereocenters. The van der Waals surface area contributed by atoms with Crippen LogP contribution in [0.3, 0.4) is 0 Å². The van der Waals surface area contributed by atoms with Crippen LogP contribution in [0.15, 0.2) is 12.1 Å². The van der Waals surface area contributed by atoms with Crippen molar-refractivity contribution in [1.82, 2.24) is 20.2 Å². The van der Waals surface area contributed by atoms with E-state index in [1.165, 1.54) is 0 Å². The lowest BCUT2D eigenvalue weighted by Crippen LogP contribution is -2.51. The third kappa shape index (κ3) is 7.04. The van der Waals surface area contributed by atoms with Crippen molar-refractivity contribution in [3.63, 3.8) is 0 Å². The molecule has 46 heavy (non-hydrogen) atoms. The minimum Gasteiger partial charge on any atom is -0.472 e. The third-order valence-electron chi connectivity index (χ3n) is 8.03. The van der Waals surface area contributed by atoms with Crippen LogP contribution in [0.25, 0.3) is 22.0 Å². The second kappa shape index (κ2) is 13.8. The molecule has 2 aliphatic rings. The molecule has 2 aliphatic heterocycles. The number of aryl methyl sites for hydroxylation is 2. The Labute approximate surface area is 263 Å². The minimum absolute atomic E-state index is 0.0317. The number of benzene rings is 1. The molecule has 252 valence electrons. The van der Waals surface area contributed by atoms with Gasteiger partial charge in [-0.15, -0.1) is 13.2 Å². The Morgan fingerprint density at radius 2 is 1.93 bits per heavy atom. The van der Waals surface area contributed by atoms with Crippen molar-refractivity contribution < 1.29 is 41.3 Å². The van der Waals surface area contributed by atoms with Gasteiger partial charge in [-0.3, -0.25) is 4.79 Å². The molecular weight excluding hydrogens is 615 g/mol. The van der Waals surface area contributed by atoms with Crippen LogP contribution in [-0.2, 0) is 4.79 Å². The monoisotopic (exact) mass is 654 g/mol. The number of amides is 1. The molecule has 1 saturated heterocycles. The van der Waals surface area contributed by atoms with Crippen molar-refractivity contribution in [1.29, 1.82) is 0 Å². The number of anilines is 2. The second-order valence-corrected chi connectivity index (χ2v) is 11.1. The first-order valence-electron chi connectivity index (χ1n) is 15.2. The summed E-state index contributed by atoms with van der Waals surface area (Å²) in [5, 5.41) is 16.5. The highest BCUT2D eigenvalue weighted by Crippen LogP contribution is 2.44. The maximum atomic E-state index is 16.3. The van der Waals surface area contributed by atoms with E-state index in [1.807, 2.05) is 20.8 Å². The van der Waals surface area contributed by atoms with Gasteiger partial charge in [0.1, 0.15) is 17.6 Å². The Bertz CT molecular complexity index is 1600. The van der Waals surface area contributed by atoms with E-state index in [4.69, 9.17) is 10.5 Å². The molecule has 4 heterocycles. The smallest absolute Gasteiger partial charge is 0.472 e. The lowest BCUT2D eigenvalue weighted by atomic mass is 10.0. The fraction of sp³-hybridized carbons (Fsp3) is 0.516. The molecule has 2 aromatic heterocycles. The highest BCUT2D eigenvalue weighted by molar-refractivity contribution is 6.01. The van der Waals surface area contributed by atoms with Crippen molar-refractivity contribution in [3.8, 4) is 22.9 Å². The highest BCUT2D eigenvalue weighted by Gasteiger charge is 2.37. The zero-order valence-corrected chi connectivity index (χ0v) is 26.5. The number of ether oxygens (including phenoxy) is 2. The number of aromatic nitrogens is 2. The first-order chi connectivity index (χ1) is 21.7. The van der Waals surface area contributed by atoms with Crippen molar-refractivity contribution >= 4 is 28.2 Å². The maximum absolute atomic E-state index is 16.3. The van der Waals surface area contributed by atoms with Crippen molar-refractivity contribution in [3.05, 3.63) is 35.0 Å². The number of nitrogens with two attached hydrogens (primary N) is 1. The number of halogens is 5. The first-order valence-corrected chi connectivity index (χ1v) is 15.2. The topological polar surface area (TPSA) is 135 Å². The molecule has 4 unspecified atom stereocenters.